The second kappa shape index (κ2) is 9.55. The summed E-state index contributed by atoms with van der Waals surface area (Å²) in [5.74, 6) is 0.0353. The number of halogens is 1. The Kier molecular flexibility index (Phi) is 7.13. The van der Waals surface area contributed by atoms with E-state index in [0.29, 0.717) is 6.54 Å². The molecule has 1 N–H and O–H groups in total. The molecule has 0 aromatic heterocycles. The Morgan fingerprint density at radius 2 is 1.59 bits per heavy atom. The minimum absolute atomic E-state index is 0.0353. The third-order valence-electron chi connectivity index (χ3n) is 4.74. The first-order chi connectivity index (χ1) is 13.0. The molecule has 0 unspecified atom stereocenters. The highest BCUT2D eigenvalue weighted by Gasteiger charge is 2.17. The van der Waals surface area contributed by atoms with Crippen molar-refractivity contribution in [2.75, 3.05) is 44.2 Å². The fraction of sp³-hybridized carbons (Fsp3) is 0.400. The van der Waals surface area contributed by atoms with E-state index in [0.717, 1.165) is 49.7 Å². The number of benzene rings is 2. The smallest absolute Gasteiger partial charge is 0.215 e. The van der Waals surface area contributed by atoms with Crippen molar-refractivity contribution in [2.45, 2.75) is 12.2 Å². The average molecular weight is 408 g/mol. The molecule has 1 aliphatic rings. The number of piperazine rings is 1. The molecule has 27 heavy (non-hydrogen) atoms. The van der Waals surface area contributed by atoms with Crippen LogP contribution in [0.1, 0.15) is 12.0 Å². The first kappa shape index (κ1) is 20.1. The number of nitrogens with one attached hydrogen (secondary N) is 1. The molecule has 0 bridgehead atoms. The van der Waals surface area contributed by atoms with Gasteiger partial charge in [-0.25, -0.2) is 13.1 Å². The van der Waals surface area contributed by atoms with Crippen LogP contribution in [0, 0.1) is 0 Å². The van der Waals surface area contributed by atoms with E-state index < -0.39 is 10.0 Å². The van der Waals surface area contributed by atoms with Crippen LogP contribution in [0.2, 0.25) is 5.02 Å². The van der Waals surface area contributed by atoms with Crippen LogP contribution < -0.4 is 9.62 Å². The molecule has 1 saturated heterocycles. The molecule has 0 spiro atoms. The summed E-state index contributed by atoms with van der Waals surface area (Å²) in [5.41, 5.74) is 2.01. The lowest BCUT2D eigenvalue weighted by Gasteiger charge is -2.36. The minimum atomic E-state index is -3.27. The van der Waals surface area contributed by atoms with Gasteiger partial charge in [0.05, 0.1) is 5.75 Å². The molecule has 2 aromatic carbocycles. The van der Waals surface area contributed by atoms with Crippen LogP contribution in [0.4, 0.5) is 5.69 Å². The van der Waals surface area contributed by atoms with Gasteiger partial charge in [0.15, 0.2) is 0 Å². The molecule has 1 fully saturated rings. The summed E-state index contributed by atoms with van der Waals surface area (Å²) >= 11 is 5.95. The molecule has 1 aliphatic heterocycles. The molecule has 7 heteroatoms. The molecule has 0 radical (unpaired) electrons. The normalized spacial score (nSPS) is 15.8. The maximum atomic E-state index is 12.1. The summed E-state index contributed by atoms with van der Waals surface area (Å²) in [6.45, 7) is 5.30. The van der Waals surface area contributed by atoms with E-state index in [1.54, 1.807) is 0 Å². The summed E-state index contributed by atoms with van der Waals surface area (Å²) in [5, 5.41) is 0.757. The summed E-state index contributed by atoms with van der Waals surface area (Å²) in [6.07, 6.45) is 0.814. The largest absolute Gasteiger partial charge is 0.369 e. The third kappa shape index (κ3) is 6.50. The lowest BCUT2D eigenvalue weighted by molar-refractivity contribution is 0.255. The molecular weight excluding hydrogens is 382 g/mol. The molecule has 146 valence electrons. The van der Waals surface area contributed by atoms with Gasteiger partial charge in [-0.2, -0.15) is 0 Å². The van der Waals surface area contributed by atoms with Gasteiger partial charge in [-0.05, 0) is 42.8 Å². The lowest BCUT2D eigenvalue weighted by Crippen LogP contribution is -2.47. The third-order valence-corrected chi connectivity index (χ3v) is 6.35. The Balaban J connectivity index is 1.35. The number of sulfonamides is 1. The number of rotatable bonds is 8. The summed E-state index contributed by atoms with van der Waals surface area (Å²) in [7, 11) is -3.27. The Morgan fingerprint density at radius 1 is 0.926 bits per heavy atom. The highest BCUT2D eigenvalue weighted by molar-refractivity contribution is 7.88. The molecule has 2 aromatic rings. The molecule has 3 rings (SSSR count). The SMILES string of the molecule is O=S(=O)(Cc1ccccc1)NCCCN1CCN(c2ccc(Cl)cc2)CC1. The van der Waals surface area contributed by atoms with Gasteiger partial charge in [0.1, 0.15) is 0 Å². The summed E-state index contributed by atoms with van der Waals surface area (Å²) in [6, 6.07) is 17.2. The molecule has 1 heterocycles. The van der Waals surface area contributed by atoms with Crippen molar-refractivity contribution in [1.82, 2.24) is 9.62 Å². The van der Waals surface area contributed by atoms with Gasteiger partial charge in [0.25, 0.3) is 0 Å². The standard InChI is InChI=1S/C20H26ClN3O2S/c21-19-7-9-20(10-8-19)24-15-13-23(14-16-24)12-4-11-22-27(25,26)17-18-5-2-1-3-6-18/h1-3,5-10,22H,4,11-17H2. The maximum Gasteiger partial charge on any atom is 0.215 e. The van der Waals surface area contributed by atoms with Gasteiger partial charge in [-0.3, -0.25) is 4.90 Å². The number of anilines is 1. The van der Waals surface area contributed by atoms with Crippen molar-refractivity contribution >= 4 is 27.3 Å². The molecule has 0 saturated carbocycles. The number of hydrogen-bond donors (Lipinski definition) is 1. The van der Waals surface area contributed by atoms with E-state index in [2.05, 4.69) is 26.7 Å². The maximum absolute atomic E-state index is 12.1. The van der Waals surface area contributed by atoms with Crippen molar-refractivity contribution in [2.24, 2.45) is 0 Å². The van der Waals surface area contributed by atoms with E-state index in [1.165, 1.54) is 5.69 Å². The van der Waals surface area contributed by atoms with Crippen LogP contribution in [0.25, 0.3) is 0 Å². The van der Waals surface area contributed by atoms with Crippen molar-refractivity contribution in [1.29, 1.82) is 0 Å². The van der Waals surface area contributed by atoms with Gasteiger partial charge < -0.3 is 4.90 Å². The summed E-state index contributed by atoms with van der Waals surface area (Å²) < 4.78 is 27.0. The van der Waals surface area contributed by atoms with E-state index in [9.17, 15) is 8.42 Å². The van der Waals surface area contributed by atoms with Crippen LogP contribution in [-0.4, -0.2) is 52.6 Å². The van der Waals surface area contributed by atoms with Crippen LogP contribution in [0.5, 0.6) is 0 Å². The topological polar surface area (TPSA) is 52.7 Å². The van der Waals surface area contributed by atoms with Gasteiger partial charge in [0, 0.05) is 43.4 Å². The van der Waals surface area contributed by atoms with Crippen LogP contribution in [-0.2, 0) is 15.8 Å². The zero-order chi connectivity index (χ0) is 19.1. The van der Waals surface area contributed by atoms with E-state index in [1.807, 2.05) is 42.5 Å². The van der Waals surface area contributed by atoms with Crippen molar-refractivity contribution < 1.29 is 8.42 Å². The van der Waals surface area contributed by atoms with Crippen molar-refractivity contribution in [3.05, 3.63) is 65.2 Å². The Bertz CT molecular complexity index is 805. The van der Waals surface area contributed by atoms with Crippen molar-refractivity contribution in [3.8, 4) is 0 Å². The predicted molar refractivity (Wildman–Crippen MR) is 112 cm³/mol. The van der Waals surface area contributed by atoms with E-state index >= 15 is 0 Å². The molecule has 0 aliphatic carbocycles. The van der Waals surface area contributed by atoms with E-state index in [4.69, 9.17) is 11.6 Å². The van der Waals surface area contributed by atoms with Gasteiger partial charge >= 0.3 is 0 Å². The molecule has 0 amide bonds. The minimum Gasteiger partial charge on any atom is -0.369 e. The lowest BCUT2D eigenvalue weighted by atomic mass is 10.2. The monoisotopic (exact) mass is 407 g/mol. The molecular formula is C20H26ClN3O2S. The Labute approximate surface area is 167 Å². The van der Waals surface area contributed by atoms with Crippen molar-refractivity contribution in [3.63, 3.8) is 0 Å². The zero-order valence-electron chi connectivity index (χ0n) is 15.4. The van der Waals surface area contributed by atoms with E-state index in [-0.39, 0.29) is 5.75 Å². The highest BCUT2D eigenvalue weighted by atomic mass is 35.5. The zero-order valence-corrected chi connectivity index (χ0v) is 16.9. The first-order valence-electron chi connectivity index (χ1n) is 9.26. The second-order valence-electron chi connectivity index (χ2n) is 6.80. The predicted octanol–water partition coefficient (Wildman–Crippen LogP) is 2.97. The average Bonchev–Trinajstić information content (AvgIpc) is 2.67. The van der Waals surface area contributed by atoms with Gasteiger partial charge in [-0.15, -0.1) is 0 Å². The second-order valence-corrected chi connectivity index (χ2v) is 9.04. The Morgan fingerprint density at radius 3 is 2.26 bits per heavy atom. The van der Waals surface area contributed by atoms with Crippen LogP contribution >= 0.6 is 11.6 Å². The highest BCUT2D eigenvalue weighted by Crippen LogP contribution is 2.19. The summed E-state index contributed by atoms with van der Waals surface area (Å²) in [4.78, 5) is 4.74. The van der Waals surface area contributed by atoms with Gasteiger partial charge in [0.2, 0.25) is 10.0 Å². The fourth-order valence-electron chi connectivity index (χ4n) is 3.26. The first-order valence-corrected chi connectivity index (χ1v) is 11.3. The number of nitrogens with zero attached hydrogens (tertiary/aromatic N) is 2. The van der Waals surface area contributed by atoms with Crippen LogP contribution in [0.3, 0.4) is 0 Å². The van der Waals surface area contributed by atoms with Gasteiger partial charge in [-0.1, -0.05) is 41.9 Å². The molecule has 0 atom stereocenters. The fourth-order valence-corrected chi connectivity index (χ4v) is 4.57. The van der Waals surface area contributed by atoms with Crippen LogP contribution in [0.15, 0.2) is 54.6 Å². The quantitative estimate of drug-likeness (QED) is 0.683. The molecule has 5 nitrogen and oxygen atoms in total. The Hall–Kier alpha value is -1.60. The number of hydrogen-bond acceptors (Lipinski definition) is 4.